The standard InChI is InChI=1S/C27H33N5O7S/c1-14(33)23(28)26(37)32-22(13-40)25(36)30-20(10-15-6-8-17(34)9-7-15)24(35)31-21(27(38)39)11-16-12-29-19-5-3-2-4-18(16)19/h2-9,12,14,20-23,29,33-34,40H,10-11,13,28H2,1H3,(H,30,36)(H,31,35)(H,32,37)(H,38,39). The summed E-state index contributed by atoms with van der Waals surface area (Å²) in [6.07, 6.45) is 0.456. The Morgan fingerprint density at radius 3 is 2.12 bits per heavy atom. The molecular weight excluding hydrogens is 538 g/mol. The summed E-state index contributed by atoms with van der Waals surface area (Å²) in [6.45, 7) is 1.33. The van der Waals surface area contributed by atoms with Gasteiger partial charge in [-0.25, -0.2) is 4.79 Å². The molecule has 40 heavy (non-hydrogen) atoms. The van der Waals surface area contributed by atoms with Gasteiger partial charge in [-0.05, 0) is 36.2 Å². The van der Waals surface area contributed by atoms with E-state index in [4.69, 9.17) is 5.73 Å². The van der Waals surface area contributed by atoms with Gasteiger partial charge in [-0.3, -0.25) is 14.4 Å². The zero-order chi connectivity index (χ0) is 29.4. The van der Waals surface area contributed by atoms with Crippen LogP contribution >= 0.6 is 12.6 Å². The Balaban J connectivity index is 1.80. The fourth-order valence-corrected chi connectivity index (χ4v) is 4.28. The third-order valence-corrected chi connectivity index (χ3v) is 6.73. The minimum absolute atomic E-state index is 0.00533. The number of nitrogens with two attached hydrogens (primary N) is 1. The highest BCUT2D eigenvalue weighted by Crippen LogP contribution is 2.19. The Morgan fingerprint density at radius 2 is 1.50 bits per heavy atom. The summed E-state index contributed by atoms with van der Waals surface area (Å²) in [5, 5.41) is 37.3. The van der Waals surface area contributed by atoms with Crippen LogP contribution in [0.3, 0.4) is 0 Å². The van der Waals surface area contributed by atoms with E-state index in [1.807, 2.05) is 24.3 Å². The zero-order valence-electron chi connectivity index (χ0n) is 21.7. The van der Waals surface area contributed by atoms with Crippen molar-refractivity contribution >= 4 is 47.2 Å². The average Bonchev–Trinajstić information content (AvgIpc) is 3.33. The van der Waals surface area contributed by atoms with Crippen LogP contribution in [0.15, 0.2) is 54.7 Å². The second kappa shape index (κ2) is 13.8. The predicted molar refractivity (Wildman–Crippen MR) is 151 cm³/mol. The molecule has 0 saturated heterocycles. The molecular formula is C27H33N5O7S. The first-order valence-corrected chi connectivity index (χ1v) is 13.1. The Hall–Kier alpha value is -4.07. The number of aliphatic hydroxyl groups is 1. The number of aliphatic carboxylic acids is 1. The number of aromatic hydroxyl groups is 1. The number of amides is 3. The maximum Gasteiger partial charge on any atom is 0.326 e. The van der Waals surface area contributed by atoms with Crippen molar-refractivity contribution in [2.45, 2.75) is 50.0 Å². The summed E-state index contributed by atoms with van der Waals surface area (Å²) in [5.41, 5.74) is 7.72. The quantitative estimate of drug-likeness (QED) is 0.126. The maximum atomic E-state index is 13.4. The molecule has 9 N–H and O–H groups in total. The Kier molecular flexibility index (Phi) is 10.5. The Labute approximate surface area is 235 Å². The Morgan fingerprint density at radius 1 is 0.900 bits per heavy atom. The SMILES string of the molecule is CC(O)C(N)C(=O)NC(CS)C(=O)NC(Cc1ccc(O)cc1)C(=O)NC(Cc1c[nH]c2ccccc12)C(=O)O. The van der Waals surface area contributed by atoms with Gasteiger partial charge in [-0.1, -0.05) is 30.3 Å². The number of hydrogen-bond donors (Lipinski definition) is 9. The number of phenolic OH excluding ortho intramolecular Hbond substituents is 1. The highest BCUT2D eigenvalue weighted by atomic mass is 32.1. The number of carbonyl (C=O) groups excluding carboxylic acids is 3. The molecule has 0 fully saturated rings. The topological polar surface area (TPSA) is 207 Å². The average molecular weight is 572 g/mol. The molecule has 0 spiro atoms. The minimum Gasteiger partial charge on any atom is -0.508 e. The number of rotatable bonds is 13. The number of carboxylic acid groups (broad SMARTS) is 1. The van der Waals surface area contributed by atoms with Crippen LogP contribution in [0.2, 0.25) is 0 Å². The van der Waals surface area contributed by atoms with Gasteiger partial charge in [0.15, 0.2) is 0 Å². The number of carbonyl (C=O) groups is 4. The van der Waals surface area contributed by atoms with Crippen LogP contribution in [0, 0.1) is 0 Å². The number of aromatic amines is 1. The largest absolute Gasteiger partial charge is 0.508 e. The highest BCUT2D eigenvalue weighted by Gasteiger charge is 2.31. The molecule has 0 saturated carbocycles. The van der Waals surface area contributed by atoms with E-state index in [1.165, 1.54) is 19.1 Å². The number of nitrogens with one attached hydrogen (secondary N) is 4. The van der Waals surface area contributed by atoms with Gasteiger partial charge in [0.1, 0.15) is 29.9 Å². The van der Waals surface area contributed by atoms with Crippen molar-refractivity contribution in [3.05, 3.63) is 65.9 Å². The van der Waals surface area contributed by atoms with Gasteiger partial charge in [-0.2, -0.15) is 12.6 Å². The summed E-state index contributed by atoms with van der Waals surface area (Å²) >= 11 is 4.11. The molecule has 5 unspecified atom stereocenters. The summed E-state index contributed by atoms with van der Waals surface area (Å²) in [4.78, 5) is 53.9. The molecule has 1 aromatic heterocycles. The zero-order valence-corrected chi connectivity index (χ0v) is 22.6. The lowest BCUT2D eigenvalue weighted by Crippen LogP contribution is -2.59. The fraction of sp³-hybridized carbons (Fsp3) is 0.333. The van der Waals surface area contributed by atoms with E-state index < -0.39 is 54.0 Å². The minimum atomic E-state index is -1.31. The molecule has 3 rings (SSSR count). The van der Waals surface area contributed by atoms with Crippen molar-refractivity contribution in [2.75, 3.05) is 5.75 Å². The van der Waals surface area contributed by atoms with Crippen molar-refractivity contribution in [2.24, 2.45) is 5.73 Å². The van der Waals surface area contributed by atoms with Gasteiger partial charge in [0.25, 0.3) is 0 Å². The molecule has 12 nitrogen and oxygen atoms in total. The van der Waals surface area contributed by atoms with Crippen LogP contribution in [-0.2, 0) is 32.0 Å². The number of aliphatic hydroxyl groups excluding tert-OH is 1. The molecule has 3 amide bonds. The first kappa shape index (κ1) is 30.5. The number of H-pyrrole nitrogens is 1. The van der Waals surface area contributed by atoms with Gasteiger partial charge >= 0.3 is 5.97 Å². The molecule has 0 aliphatic rings. The van der Waals surface area contributed by atoms with Gasteiger partial charge in [-0.15, -0.1) is 0 Å². The van der Waals surface area contributed by atoms with Crippen molar-refractivity contribution in [1.29, 1.82) is 0 Å². The number of hydrogen-bond acceptors (Lipinski definition) is 8. The van der Waals surface area contributed by atoms with Crippen LogP contribution in [0.25, 0.3) is 10.9 Å². The molecule has 214 valence electrons. The molecule has 0 radical (unpaired) electrons. The maximum absolute atomic E-state index is 13.4. The van der Waals surface area contributed by atoms with Gasteiger partial charge in [0.05, 0.1) is 6.10 Å². The van der Waals surface area contributed by atoms with Crippen LogP contribution in [0.4, 0.5) is 0 Å². The molecule has 0 aliphatic heterocycles. The predicted octanol–water partition coefficient (Wildman–Crippen LogP) is -0.164. The van der Waals surface area contributed by atoms with E-state index in [0.717, 1.165) is 10.9 Å². The number of fused-ring (bicyclic) bond motifs is 1. The number of carboxylic acids is 1. The molecule has 5 atom stereocenters. The number of aromatic nitrogens is 1. The van der Waals surface area contributed by atoms with Crippen LogP contribution < -0.4 is 21.7 Å². The molecule has 0 bridgehead atoms. The summed E-state index contributed by atoms with van der Waals surface area (Å²) in [7, 11) is 0. The van der Waals surface area contributed by atoms with Crippen molar-refractivity contribution in [1.82, 2.24) is 20.9 Å². The summed E-state index contributed by atoms with van der Waals surface area (Å²) in [5.74, 6) is -3.71. The lowest BCUT2D eigenvalue weighted by atomic mass is 10.0. The third kappa shape index (κ3) is 7.97. The fourth-order valence-electron chi connectivity index (χ4n) is 4.02. The van der Waals surface area contributed by atoms with E-state index in [1.54, 1.807) is 18.3 Å². The molecule has 13 heteroatoms. The number of phenols is 1. The summed E-state index contributed by atoms with van der Waals surface area (Å²) < 4.78 is 0. The highest BCUT2D eigenvalue weighted by molar-refractivity contribution is 7.80. The smallest absolute Gasteiger partial charge is 0.326 e. The molecule has 2 aromatic carbocycles. The molecule has 1 heterocycles. The van der Waals surface area contributed by atoms with Gasteiger partial charge < -0.3 is 42.0 Å². The van der Waals surface area contributed by atoms with Crippen LogP contribution in [0.5, 0.6) is 5.75 Å². The van der Waals surface area contributed by atoms with E-state index in [9.17, 15) is 34.5 Å². The van der Waals surface area contributed by atoms with E-state index >= 15 is 0 Å². The normalized spacial score (nSPS) is 14.9. The Bertz CT molecular complexity index is 1340. The van der Waals surface area contributed by atoms with Gasteiger partial charge in [0, 0.05) is 35.7 Å². The van der Waals surface area contributed by atoms with Crippen LogP contribution in [0.1, 0.15) is 18.1 Å². The van der Waals surface area contributed by atoms with Crippen LogP contribution in [-0.4, -0.2) is 80.0 Å². The van der Waals surface area contributed by atoms with Crippen molar-refractivity contribution < 1.29 is 34.5 Å². The van der Waals surface area contributed by atoms with Crippen molar-refractivity contribution in [3.8, 4) is 5.75 Å². The second-order valence-corrected chi connectivity index (χ2v) is 9.77. The first-order chi connectivity index (χ1) is 19.0. The van der Waals surface area contributed by atoms with E-state index in [2.05, 4.69) is 33.6 Å². The number of para-hydroxylation sites is 1. The van der Waals surface area contributed by atoms with Crippen molar-refractivity contribution in [3.63, 3.8) is 0 Å². The number of thiol groups is 1. The van der Waals surface area contributed by atoms with Gasteiger partial charge in [0.2, 0.25) is 17.7 Å². The lowest BCUT2D eigenvalue weighted by molar-refractivity contribution is -0.142. The van der Waals surface area contributed by atoms with E-state index in [-0.39, 0.29) is 24.3 Å². The lowest BCUT2D eigenvalue weighted by Gasteiger charge is -2.25. The molecule has 0 aliphatic carbocycles. The monoisotopic (exact) mass is 571 g/mol. The molecule has 3 aromatic rings. The second-order valence-electron chi connectivity index (χ2n) is 9.40. The third-order valence-electron chi connectivity index (χ3n) is 6.36. The number of benzene rings is 2. The first-order valence-electron chi connectivity index (χ1n) is 12.5. The van der Waals surface area contributed by atoms with E-state index in [0.29, 0.717) is 11.1 Å². The summed E-state index contributed by atoms with van der Waals surface area (Å²) in [6, 6.07) is 8.26.